The Balaban J connectivity index is 2.28. The predicted octanol–water partition coefficient (Wildman–Crippen LogP) is 3.68. The van der Waals surface area contributed by atoms with Gasteiger partial charge < -0.3 is 19.5 Å². The van der Waals surface area contributed by atoms with Gasteiger partial charge in [0.1, 0.15) is 15.6 Å². The minimum atomic E-state index is -0.613. The Labute approximate surface area is 166 Å². The van der Waals surface area contributed by atoms with E-state index in [1.54, 1.807) is 45.2 Å². The summed E-state index contributed by atoms with van der Waals surface area (Å²) in [5.74, 6) is -0.978. The molecule has 0 fully saturated rings. The van der Waals surface area contributed by atoms with Gasteiger partial charge in [-0.15, -0.1) is 11.3 Å². The fraction of sp³-hybridized carbons (Fsp3) is 0.250. The maximum Gasteiger partial charge on any atom is 0.348 e. The lowest BCUT2D eigenvalue weighted by molar-refractivity contribution is -0.111. The number of hydrogen-bond donors (Lipinski definition) is 1. The van der Waals surface area contributed by atoms with Crippen LogP contribution in [0.4, 0.5) is 5.00 Å². The van der Waals surface area contributed by atoms with Crippen molar-refractivity contribution in [3.05, 3.63) is 51.9 Å². The van der Waals surface area contributed by atoms with Crippen molar-refractivity contribution in [3.8, 4) is 5.75 Å². The Bertz CT molecular complexity index is 915. The summed E-state index contributed by atoms with van der Waals surface area (Å²) in [6.07, 6.45) is 2.94. The van der Waals surface area contributed by atoms with Gasteiger partial charge >= 0.3 is 11.9 Å². The summed E-state index contributed by atoms with van der Waals surface area (Å²) in [5, 5.41) is 2.87. The Morgan fingerprint density at radius 3 is 2.57 bits per heavy atom. The highest BCUT2D eigenvalue weighted by Gasteiger charge is 2.26. The number of rotatable bonds is 7. The van der Waals surface area contributed by atoms with E-state index in [4.69, 9.17) is 14.2 Å². The molecule has 0 aliphatic rings. The van der Waals surface area contributed by atoms with E-state index in [0.29, 0.717) is 11.3 Å². The van der Waals surface area contributed by atoms with Crippen molar-refractivity contribution < 1.29 is 28.6 Å². The van der Waals surface area contributed by atoms with Crippen molar-refractivity contribution in [2.75, 3.05) is 26.1 Å². The molecule has 28 heavy (non-hydrogen) atoms. The summed E-state index contributed by atoms with van der Waals surface area (Å²) in [7, 11) is 2.81. The Morgan fingerprint density at radius 2 is 1.93 bits per heavy atom. The van der Waals surface area contributed by atoms with Crippen molar-refractivity contribution >= 4 is 40.3 Å². The van der Waals surface area contributed by atoms with Crippen molar-refractivity contribution in [2.24, 2.45) is 0 Å². The zero-order chi connectivity index (χ0) is 20.7. The highest BCUT2D eigenvalue weighted by atomic mass is 32.1. The molecule has 0 spiro atoms. The van der Waals surface area contributed by atoms with Gasteiger partial charge in [-0.2, -0.15) is 0 Å². The van der Waals surface area contributed by atoms with Crippen LogP contribution in [0.1, 0.15) is 38.1 Å². The van der Waals surface area contributed by atoms with Crippen LogP contribution in [0.5, 0.6) is 5.75 Å². The average Bonchev–Trinajstić information content (AvgIpc) is 3.02. The largest absolute Gasteiger partial charge is 0.497 e. The Hall–Kier alpha value is -3.13. The highest BCUT2D eigenvalue weighted by molar-refractivity contribution is 7.18. The lowest BCUT2D eigenvalue weighted by Crippen LogP contribution is -2.12. The first kappa shape index (κ1) is 21.2. The van der Waals surface area contributed by atoms with Crippen LogP contribution in [0.3, 0.4) is 0 Å². The normalized spacial score (nSPS) is 10.6. The second kappa shape index (κ2) is 9.70. The molecular weight excluding hydrogens is 382 g/mol. The van der Waals surface area contributed by atoms with Gasteiger partial charge in [-0.1, -0.05) is 12.1 Å². The third-order valence-electron chi connectivity index (χ3n) is 3.75. The van der Waals surface area contributed by atoms with Gasteiger partial charge in [0, 0.05) is 6.08 Å². The van der Waals surface area contributed by atoms with Crippen LogP contribution in [0.15, 0.2) is 30.3 Å². The summed E-state index contributed by atoms with van der Waals surface area (Å²) in [4.78, 5) is 36.8. The van der Waals surface area contributed by atoms with E-state index >= 15 is 0 Å². The van der Waals surface area contributed by atoms with Crippen LogP contribution in [-0.2, 0) is 14.3 Å². The predicted molar refractivity (Wildman–Crippen MR) is 107 cm³/mol. The highest BCUT2D eigenvalue weighted by Crippen LogP contribution is 2.34. The monoisotopic (exact) mass is 403 g/mol. The van der Waals surface area contributed by atoms with E-state index in [9.17, 15) is 14.4 Å². The van der Waals surface area contributed by atoms with E-state index in [-0.39, 0.29) is 22.0 Å². The molecule has 2 rings (SSSR count). The molecule has 0 aliphatic heterocycles. The fourth-order valence-corrected chi connectivity index (χ4v) is 3.52. The second-order valence-corrected chi connectivity index (χ2v) is 6.59. The summed E-state index contributed by atoms with van der Waals surface area (Å²) < 4.78 is 14.9. The maximum absolute atomic E-state index is 12.3. The number of nitrogens with one attached hydrogen (secondary N) is 1. The molecule has 148 valence electrons. The van der Waals surface area contributed by atoms with Crippen molar-refractivity contribution in [1.29, 1.82) is 0 Å². The first-order valence-electron chi connectivity index (χ1n) is 8.43. The minimum Gasteiger partial charge on any atom is -0.497 e. The molecule has 0 saturated carbocycles. The first-order chi connectivity index (χ1) is 13.4. The number of amides is 1. The minimum absolute atomic E-state index is 0.149. The molecule has 0 saturated heterocycles. The smallest absolute Gasteiger partial charge is 0.348 e. The number of benzene rings is 1. The topological polar surface area (TPSA) is 90.9 Å². The molecule has 0 aliphatic carbocycles. The van der Waals surface area contributed by atoms with Gasteiger partial charge in [0.25, 0.3) is 0 Å². The van der Waals surface area contributed by atoms with E-state index < -0.39 is 17.8 Å². The van der Waals surface area contributed by atoms with Gasteiger partial charge in [-0.3, -0.25) is 4.79 Å². The van der Waals surface area contributed by atoms with Gasteiger partial charge in [-0.25, -0.2) is 9.59 Å². The molecule has 1 aromatic carbocycles. The molecule has 0 unspecified atom stereocenters. The molecule has 1 heterocycles. The van der Waals surface area contributed by atoms with Crippen molar-refractivity contribution in [3.63, 3.8) is 0 Å². The SMILES string of the molecule is CCOC(=O)c1c(NC(=O)/C=C/c2cccc(OC)c2)sc(C(=O)OC)c1C. The van der Waals surface area contributed by atoms with E-state index in [1.165, 1.54) is 13.2 Å². The van der Waals surface area contributed by atoms with Gasteiger partial charge in [0.05, 0.1) is 26.4 Å². The second-order valence-electron chi connectivity index (χ2n) is 5.57. The standard InChI is InChI=1S/C20H21NO6S/c1-5-27-19(23)16-12(2)17(20(24)26-4)28-18(16)21-15(22)10-9-13-7-6-8-14(11-13)25-3/h6-11H,5H2,1-4H3,(H,21,22)/b10-9+. The lowest BCUT2D eigenvalue weighted by Gasteiger charge is -2.05. The van der Waals surface area contributed by atoms with Gasteiger partial charge in [0.15, 0.2) is 0 Å². The third kappa shape index (κ3) is 4.98. The van der Waals surface area contributed by atoms with Crippen LogP contribution in [-0.4, -0.2) is 38.7 Å². The zero-order valence-electron chi connectivity index (χ0n) is 16.0. The average molecular weight is 403 g/mol. The van der Waals surface area contributed by atoms with Crippen LogP contribution in [0.2, 0.25) is 0 Å². The molecule has 7 nitrogen and oxygen atoms in total. The summed E-state index contributed by atoms with van der Waals surface area (Å²) in [6, 6.07) is 7.20. The maximum atomic E-state index is 12.3. The summed E-state index contributed by atoms with van der Waals surface area (Å²) >= 11 is 0.968. The molecule has 0 bridgehead atoms. The van der Waals surface area contributed by atoms with Crippen LogP contribution in [0, 0.1) is 6.92 Å². The summed E-state index contributed by atoms with van der Waals surface area (Å²) in [5.41, 5.74) is 1.33. The summed E-state index contributed by atoms with van der Waals surface area (Å²) in [6.45, 7) is 3.46. The van der Waals surface area contributed by atoms with E-state index in [2.05, 4.69) is 5.32 Å². The number of carbonyl (C=O) groups excluding carboxylic acids is 3. The van der Waals surface area contributed by atoms with Crippen molar-refractivity contribution in [1.82, 2.24) is 0 Å². The number of ether oxygens (including phenoxy) is 3. The van der Waals surface area contributed by atoms with Gasteiger partial charge in [0.2, 0.25) is 5.91 Å². The van der Waals surface area contributed by atoms with Crippen LogP contribution < -0.4 is 10.1 Å². The quantitative estimate of drug-likeness (QED) is 0.560. The van der Waals surface area contributed by atoms with Crippen molar-refractivity contribution in [2.45, 2.75) is 13.8 Å². The molecule has 2 aromatic rings. The number of carbonyl (C=O) groups is 3. The number of esters is 2. The number of thiophene rings is 1. The number of anilines is 1. The van der Waals surface area contributed by atoms with E-state index in [1.807, 2.05) is 6.07 Å². The molecule has 1 amide bonds. The molecule has 1 aromatic heterocycles. The van der Waals surface area contributed by atoms with Crippen LogP contribution in [0.25, 0.3) is 6.08 Å². The molecular formula is C20H21NO6S. The molecule has 0 radical (unpaired) electrons. The third-order valence-corrected chi connectivity index (χ3v) is 4.94. The molecule has 1 N–H and O–H groups in total. The fourth-order valence-electron chi connectivity index (χ4n) is 2.41. The Morgan fingerprint density at radius 1 is 1.18 bits per heavy atom. The molecule has 8 heteroatoms. The van der Waals surface area contributed by atoms with Crippen LogP contribution >= 0.6 is 11.3 Å². The number of hydrogen-bond acceptors (Lipinski definition) is 7. The lowest BCUT2D eigenvalue weighted by atomic mass is 10.1. The Kier molecular flexibility index (Phi) is 7.34. The number of methoxy groups -OCH3 is 2. The first-order valence-corrected chi connectivity index (χ1v) is 9.24. The van der Waals surface area contributed by atoms with E-state index in [0.717, 1.165) is 16.9 Å². The molecule has 0 atom stereocenters. The van der Waals surface area contributed by atoms with Gasteiger partial charge in [-0.05, 0) is 43.2 Å². The zero-order valence-corrected chi connectivity index (χ0v) is 16.8.